The number of nitrogens with zero attached hydrogens (tertiary/aromatic N) is 1. The minimum Gasteiger partial charge on any atom is -0.343 e. The Labute approximate surface area is 132 Å². The van der Waals surface area contributed by atoms with Crippen LogP contribution in [0.4, 0.5) is 0 Å². The molecule has 0 aliphatic carbocycles. The Morgan fingerprint density at radius 2 is 1.82 bits per heavy atom. The van der Waals surface area contributed by atoms with Gasteiger partial charge in [-0.05, 0) is 29.7 Å². The molecule has 0 bridgehead atoms. The van der Waals surface area contributed by atoms with Crippen molar-refractivity contribution in [3.05, 3.63) is 84.1 Å². The van der Waals surface area contributed by atoms with E-state index in [9.17, 15) is 0 Å². The first-order valence-corrected chi connectivity index (χ1v) is 7.72. The second-order valence-electron chi connectivity index (χ2n) is 5.65. The molecule has 0 amide bonds. The zero-order valence-electron chi connectivity index (χ0n) is 13.0. The van der Waals surface area contributed by atoms with E-state index >= 15 is 0 Å². The molecule has 0 fully saturated rings. The SMILES string of the molecule is C=CCNCc1cn(Cc2ccccc2C)c2ccccc12. The van der Waals surface area contributed by atoms with Gasteiger partial charge in [0, 0.05) is 36.7 Å². The second kappa shape index (κ2) is 6.63. The van der Waals surface area contributed by atoms with Crippen LogP contribution in [0.2, 0.25) is 0 Å². The Bertz CT molecular complexity index is 783. The van der Waals surface area contributed by atoms with Crippen molar-refractivity contribution < 1.29 is 0 Å². The fourth-order valence-corrected chi connectivity index (χ4v) is 2.87. The van der Waals surface area contributed by atoms with Gasteiger partial charge in [-0.15, -0.1) is 6.58 Å². The number of hydrogen-bond acceptors (Lipinski definition) is 1. The van der Waals surface area contributed by atoms with Crippen LogP contribution < -0.4 is 5.32 Å². The molecule has 0 unspecified atom stereocenters. The van der Waals surface area contributed by atoms with Gasteiger partial charge in [0.2, 0.25) is 0 Å². The van der Waals surface area contributed by atoms with Crippen molar-refractivity contribution in [3.8, 4) is 0 Å². The lowest BCUT2D eigenvalue weighted by atomic mass is 10.1. The molecule has 0 saturated carbocycles. The number of aromatic nitrogens is 1. The van der Waals surface area contributed by atoms with Crippen molar-refractivity contribution in [2.24, 2.45) is 0 Å². The van der Waals surface area contributed by atoms with E-state index in [1.807, 2.05) is 6.08 Å². The van der Waals surface area contributed by atoms with Gasteiger partial charge in [0.05, 0.1) is 0 Å². The maximum Gasteiger partial charge on any atom is 0.0486 e. The van der Waals surface area contributed by atoms with E-state index in [4.69, 9.17) is 0 Å². The molecule has 0 atom stereocenters. The standard InChI is InChI=1S/C20H22N2/c1-3-12-21-13-18-15-22(20-11-7-6-10-19(18)20)14-17-9-5-4-8-16(17)2/h3-11,15,21H,1,12-14H2,2H3. The third kappa shape index (κ3) is 2.97. The lowest BCUT2D eigenvalue weighted by Crippen LogP contribution is -2.12. The van der Waals surface area contributed by atoms with Crippen LogP contribution in [-0.4, -0.2) is 11.1 Å². The second-order valence-corrected chi connectivity index (χ2v) is 5.65. The van der Waals surface area contributed by atoms with Crippen molar-refractivity contribution in [1.82, 2.24) is 9.88 Å². The molecular weight excluding hydrogens is 268 g/mol. The van der Waals surface area contributed by atoms with Gasteiger partial charge in [0.1, 0.15) is 0 Å². The molecule has 1 N–H and O–H groups in total. The molecule has 3 rings (SSSR count). The van der Waals surface area contributed by atoms with E-state index in [2.05, 4.69) is 78.1 Å². The van der Waals surface area contributed by atoms with Gasteiger partial charge < -0.3 is 9.88 Å². The third-order valence-electron chi connectivity index (χ3n) is 4.08. The number of fused-ring (bicyclic) bond motifs is 1. The topological polar surface area (TPSA) is 17.0 Å². The highest BCUT2D eigenvalue weighted by Gasteiger charge is 2.08. The Balaban J connectivity index is 1.95. The normalized spacial score (nSPS) is 11.0. The van der Waals surface area contributed by atoms with Gasteiger partial charge in [0.25, 0.3) is 0 Å². The molecule has 112 valence electrons. The highest BCUT2D eigenvalue weighted by atomic mass is 15.0. The molecule has 3 aromatic rings. The summed E-state index contributed by atoms with van der Waals surface area (Å²) in [4.78, 5) is 0. The van der Waals surface area contributed by atoms with Gasteiger partial charge in [-0.1, -0.05) is 48.5 Å². The highest BCUT2D eigenvalue weighted by Crippen LogP contribution is 2.23. The predicted molar refractivity (Wildman–Crippen MR) is 94.1 cm³/mol. The van der Waals surface area contributed by atoms with Crippen LogP contribution in [0.5, 0.6) is 0 Å². The molecule has 2 nitrogen and oxygen atoms in total. The van der Waals surface area contributed by atoms with E-state index in [1.54, 1.807) is 0 Å². The lowest BCUT2D eigenvalue weighted by Gasteiger charge is -2.08. The van der Waals surface area contributed by atoms with E-state index in [-0.39, 0.29) is 0 Å². The summed E-state index contributed by atoms with van der Waals surface area (Å²) in [7, 11) is 0. The molecule has 1 aromatic heterocycles. The monoisotopic (exact) mass is 290 g/mol. The van der Waals surface area contributed by atoms with Crippen molar-refractivity contribution in [3.63, 3.8) is 0 Å². The molecule has 0 aliphatic rings. The van der Waals surface area contributed by atoms with Crippen LogP contribution >= 0.6 is 0 Å². The van der Waals surface area contributed by atoms with Crippen molar-refractivity contribution in [1.29, 1.82) is 0 Å². The number of nitrogens with one attached hydrogen (secondary N) is 1. The molecule has 0 saturated heterocycles. The van der Waals surface area contributed by atoms with Crippen LogP contribution in [0.1, 0.15) is 16.7 Å². The average molecular weight is 290 g/mol. The molecule has 0 radical (unpaired) electrons. The molecular formula is C20H22N2. The summed E-state index contributed by atoms with van der Waals surface area (Å²) in [6.45, 7) is 8.54. The van der Waals surface area contributed by atoms with Crippen molar-refractivity contribution >= 4 is 10.9 Å². The minimum absolute atomic E-state index is 0.831. The van der Waals surface area contributed by atoms with Gasteiger partial charge in [-0.3, -0.25) is 0 Å². The summed E-state index contributed by atoms with van der Waals surface area (Å²) in [5, 5.41) is 4.73. The molecule has 0 aliphatic heterocycles. The summed E-state index contributed by atoms with van der Waals surface area (Å²) in [6, 6.07) is 17.2. The smallest absolute Gasteiger partial charge is 0.0486 e. The molecule has 2 heteroatoms. The van der Waals surface area contributed by atoms with Gasteiger partial charge in [-0.2, -0.15) is 0 Å². The maximum absolute atomic E-state index is 3.76. The maximum atomic E-state index is 3.76. The Kier molecular flexibility index (Phi) is 4.40. The van der Waals surface area contributed by atoms with Gasteiger partial charge in [0.15, 0.2) is 0 Å². The number of para-hydroxylation sites is 1. The zero-order valence-corrected chi connectivity index (χ0v) is 13.0. The number of rotatable bonds is 6. The molecule has 2 aromatic carbocycles. The van der Waals surface area contributed by atoms with Crippen LogP contribution in [0.15, 0.2) is 67.4 Å². The Morgan fingerprint density at radius 3 is 2.64 bits per heavy atom. The first kappa shape index (κ1) is 14.6. The first-order valence-electron chi connectivity index (χ1n) is 7.72. The molecule has 1 heterocycles. The van der Waals surface area contributed by atoms with E-state index in [1.165, 1.54) is 27.6 Å². The number of aryl methyl sites for hydroxylation is 1. The Morgan fingerprint density at radius 1 is 1.05 bits per heavy atom. The Hall–Kier alpha value is -2.32. The van der Waals surface area contributed by atoms with Crippen LogP contribution in [0, 0.1) is 6.92 Å². The quantitative estimate of drug-likeness (QED) is 0.530. The minimum atomic E-state index is 0.831. The molecule has 22 heavy (non-hydrogen) atoms. The van der Waals surface area contributed by atoms with Crippen LogP contribution in [0.3, 0.4) is 0 Å². The fraction of sp³-hybridized carbons (Fsp3) is 0.200. The summed E-state index contributed by atoms with van der Waals surface area (Å²) in [5.74, 6) is 0. The van der Waals surface area contributed by atoms with E-state index in [0.717, 1.165) is 19.6 Å². The zero-order chi connectivity index (χ0) is 15.4. The first-order chi connectivity index (χ1) is 10.8. The van der Waals surface area contributed by atoms with Crippen LogP contribution in [0.25, 0.3) is 10.9 Å². The summed E-state index contributed by atoms with van der Waals surface area (Å²) < 4.78 is 2.35. The lowest BCUT2D eigenvalue weighted by molar-refractivity contribution is 0.754. The third-order valence-corrected chi connectivity index (χ3v) is 4.08. The van der Waals surface area contributed by atoms with Crippen molar-refractivity contribution in [2.75, 3.05) is 6.54 Å². The molecule has 0 spiro atoms. The predicted octanol–water partition coefficient (Wildman–Crippen LogP) is 4.27. The van der Waals surface area contributed by atoms with Gasteiger partial charge >= 0.3 is 0 Å². The van der Waals surface area contributed by atoms with E-state index < -0.39 is 0 Å². The van der Waals surface area contributed by atoms with Gasteiger partial charge in [-0.25, -0.2) is 0 Å². The average Bonchev–Trinajstić information content (AvgIpc) is 2.88. The highest BCUT2D eigenvalue weighted by molar-refractivity contribution is 5.84. The van der Waals surface area contributed by atoms with E-state index in [0.29, 0.717) is 0 Å². The number of benzene rings is 2. The number of hydrogen-bond donors (Lipinski definition) is 1. The largest absolute Gasteiger partial charge is 0.343 e. The summed E-state index contributed by atoms with van der Waals surface area (Å²) in [6.07, 6.45) is 4.17. The fourth-order valence-electron chi connectivity index (χ4n) is 2.87. The van der Waals surface area contributed by atoms with Crippen LogP contribution in [-0.2, 0) is 13.1 Å². The summed E-state index contributed by atoms with van der Waals surface area (Å²) >= 11 is 0. The summed E-state index contributed by atoms with van der Waals surface area (Å²) in [5.41, 5.74) is 5.34. The van der Waals surface area contributed by atoms with Crippen molar-refractivity contribution in [2.45, 2.75) is 20.0 Å².